The molecule has 0 N–H and O–H groups in total. The second-order valence-electron chi connectivity index (χ2n) is 4.45. The van der Waals surface area contributed by atoms with Gasteiger partial charge in [0.25, 0.3) is 0 Å². The summed E-state index contributed by atoms with van der Waals surface area (Å²) in [7, 11) is 0. The summed E-state index contributed by atoms with van der Waals surface area (Å²) in [6.45, 7) is 3.54. The number of hydrogen-bond donors (Lipinski definition) is 0. The summed E-state index contributed by atoms with van der Waals surface area (Å²) in [6, 6.07) is 0. The van der Waals surface area contributed by atoms with Crippen molar-refractivity contribution < 1.29 is 14.3 Å². The van der Waals surface area contributed by atoms with E-state index in [4.69, 9.17) is 9.47 Å². The van der Waals surface area contributed by atoms with Crippen molar-refractivity contribution in [3.05, 3.63) is 0 Å². The highest BCUT2D eigenvalue weighted by Gasteiger charge is 2.16. The number of carbonyl (C=O) groups excluding carboxylic acids is 1. The topological polar surface area (TPSA) is 35.5 Å². The lowest BCUT2D eigenvalue weighted by molar-refractivity contribution is -0.143. The van der Waals surface area contributed by atoms with Gasteiger partial charge in [0, 0.05) is 13.0 Å². The molecule has 16 heavy (non-hydrogen) atoms. The van der Waals surface area contributed by atoms with E-state index in [1.807, 2.05) is 6.92 Å². The smallest absolute Gasteiger partial charge is 0.305 e. The van der Waals surface area contributed by atoms with E-state index >= 15 is 0 Å². The minimum Gasteiger partial charge on any atom is -0.466 e. The number of esters is 1. The van der Waals surface area contributed by atoms with Crippen LogP contribution >= 0.6 is 0 Å². The highest BCUT2D eigenvalue weighted by molar-refractivity contribution is 5.69. The Kier molecular flexibility index (Phi) is 7.23. The SMILES string of the molecule is CCCC(=O)OCCCCCCC1CCO1. The zero-order valence-corrected chi connectivity index (χ0v) is 10.4. The number of unbranched alkanes of at least 4 members (excludes halogenated alkanes) is 3. The molecule has 0 radical (unpaired) electrons. The Bertz CT molecular complexity index is 188. The third-order valence-corrected chi connectivity index (χ3v) is 2.93. The van der Waals surface area contributed by atoms with E-state index in [1.54, 1.807) is 0 Å². The minimum absolute atomic E-state index is 0.0506. The van der Waals surface area contributed by atoms with E-state index in [0.717, 1.165) is 25.9 Å². The quantitative estimate of drug-likeness (QED) is 0.449. The van der Waals surface area contributed by atoms with Crippen LogP contribution in [0.1, 0.15) is 58.3 Å². The molecule has 1 aliphatic heterocycles. The molecule has 0 amide bonds. The van der Waals surface area contributed by atoms with Crippen LogP contribution in [0.5, 0.6) is 0 Å². The van der Waals surface area contributed by atoms with Crippen molar-refractivity contribution in [1.29, 1.82) is 0 Å². The van der Waals surface area contributed by atoms with Crippen LogP contribution < -0.4 is 0 Å². The summed E-state index contributed by atoms with van der Waals surface area (Å²) in [5, 5.41) is 0. The Labute approximate surface area is 98.5 Å². The largest absolute Gasteiger partial charge is 0.466 e. The molecule has 1 unspecified atom stereocenters. The van der Waals surface area contributed by atoms with Crippen LogP contribution in [0.4, 0.5) is 0 Å². The second-order valence-corrected chi connectivity index (χ2v) is 4.45. The Morgan fingerprint density at radius 1 is 1.31 bits per heavy atom. The lowest BCUT2D eigenvalue weighted by Crippen LogP contribution is -2.26. The Balaban J connectivity index is 1.75. The van der Waals surface area contributed by atoms with Gasteiger partial charge in [0.1, 0.15) is 0 Å². The zero-order chi connectivity index (χ0) is 11.6. The van der Waals surface area contributed by atoms with Crippen LogP contribution in [-0.4, -0.2) is 25.3 Å². The second kappa shape index (κ2) is 8.57. The highest BCUT2D eigenvalue weighted by atomic mass is 16.5. The lowest BCUT2D eigenvalue weighted by Gasteiger charge is -2.26. The van der Waals surface area contributed by atoms with Gasteiger partial charge in [0.2, 0.25) is 0 Å². The standard InChI is InChI=1S/C13H24O3/c1-2-7-13(14)16-10-6-4-3-5-8-12-9-11-15-12/h12H,2-11H2,1H3. The van der Waals surface area contributed by atoms with Crippen LogP contribution in [-0.2, 0) is 14.3 Å². The highest BCUT2D eigenvalue weighted by Crippen LogP contribution is 2.18. The average Bonchev–Trinajstić information content (AvgIpc) is 2.19. The molecule has 1 saturated heterocycles. The van der Waals surface area contributed by atoms with Crippen molar-refractivity contribution in [2.24, 2.45) is 0 Å². The van der Waals surface area contributed by atoms with E-state index in [0.29, 0.717) is 19.1 Å². The molecule has 1 rings (SSSR count). The first kappa shape index (κ1) is 13.5. The fourth-order valence-electron chi connectivity index (χ4n) is 1.80. The van der Waals surface area contributed by atoms with Crippen LogP contribution in [0.25, 0.3) is 0 Å². The number of carbonyl (C=O) groups is 1. The van der Waals surface area contributed by atoms with E-state index < -0.39 is 0 Å². The molecule has 3 heteroatoms. The third-order valence-electron chi connectivity index (χ3n) is 2.93. The molecule has 0 saturated carbocycles. The lowest BCUT2D eigenvalue weighted by atomic mass is 10.0. The number of hydrogen-bond acceptors (Lipinski definition) is 3. The molecule has 0 bridgehead atoms. The monoisotopic (exact) mass is 228 g/mol. The Morgan fingerprint density at radius 2 is 2.06 bits per heavy atom. The van der Waals surface area contributed by atoms with Gasteiger partial charge in [-0.3, -0.25) is 4.79 Å². The molecule has 1 atom stereocenters. The van der Waals surface area contributed by atoms with Gasteiger partial charge in [-0.1, -0.05) is 26.2 Å². The van der Waals surface area contributed by atoms with Gasteiger partial charge in [0.05, 0.1) is 12.7 Å². The van der Waals surface area contributed by atoms with Gasteiger partial charge in [-0.2, -0.15) is 0 Å². The Morgan fingerprint density at radius 3 is 2.69 bits per heavy atom. The van der Waals surface area contributed by atoms with Crippen molar-refractivity contribution >= 4 is 5.97 Å². The third kappa shape index (κ3) is 6.11. The minimum atomic E-state index is -0.0506. The summed E-state index contributed by atoms with van der Waals surface area (Å²) >= 11 is 0. The maximum absolute atomic E-state index is 11.0. The molecule has 1 fully saturated rings. The van der Waals surface area contributed by atoms with Crippen LogP contribution in [0.15, 0.2) is 0 Å². The van der Waals surface area contributed by atoms with Crippen LogP contribution in [0.3, 0.4) is 0 Å². The van der Waals surface area contributed by atoms with Crippen molar-refractivity contribution in [2.45, 2.75) is 64.4 Å². The fourth-order valence-corrected chi connectivity index (χ4v) is 1.80. The van der Waals surface area contributed by atoms with Crippen molar-refractivity contribution in [2.75, 3.05) is 13.2 Å². The first-order chi connectivity index (χ1) is 7.83. The Hall–Kier alpha value is -0.570. The molecule has 0 aliphatic carbocycles. The van der Waals surface area contributed by atoms with Crippen molar-refractivity contribution in [1.82, 2.24) is 0 Å². The molecular formula is C13H24O3. The number of ether oxygens (including phenoxy) is 2. The molecule has 1 aliphatic rings. The van der Waals surface area contributed by atoms with E-state index in [-0.39, 0.29) is 5.97 Å². The molecule has 1 heterocycles. The summed E-state index contributed by atoms with van der Waals surface area (Å²) in [4.78, 5) is 11.0. The van der Waals surface area contributed by atoms with Gasteiger partial charge >= 0.3 is 5.97 Å². The molecule has 0 spiro atoms. The van der Waals surface area contributed by atoms with Gasteiger partial charge < -0.3 is 9.47 Å². The predicted octanol–water partition coefficient (Wildman–Crippen LogP) is 3.07. The maximum atomic E-state index is 11.0. The van der Waals surface area contributed by atoms with Crippen LogP contribution in [0.2, 0.25) is 0 Å². The van der Waals surface area contributed by atoms with Gasteiger partial charge in [0.15, 0.2) is 0 Å². The molecule has 0 aromatic heterocycles. The van der Waals surface area contributed by atoms with Gasteiger partial charge in [-0.05, 0) is 25.7 Å². The van der Waals surface area contributed by atoms with Crippen molar-refractivity contribution in [3.8, 4) is 0 Å². The van der Waals surface area contributed by atoms with Gasteiger partial charge in [-0.25, -0.2) is 0 Å². The maximum Gasteiger partial charge on any atom is 0.305 e. The summed E-state index contributed by atoms with van der Waals surface area (Å²) < 4.78 is 10.4. The predicted molar refractivity (Wildman–Crippen MR) is 63.3 cm³/mol. The summed E-state index contributed by atoms with van der Waals surface area (Å²) in [5.41, 5.74) is 0. The molecule has 0 aromatic carbocycles. The van der Waals surface area contributed by atoms with Gasteiger partial charge in [-0.15, -0.1) is 0 Å². The zero-order valence-electron chi connectivity index (χ0n) is 10.4. The first-order valence-corrected chi connectivity index (χ1v) is 6.60. The average molecular weight is 228 g/mol. The van der Waals surface area contributed by atoms with Crippen LogP contribution in [0, 0.1) is 0 Å². The molecule has 94 valence electrons. The van der Waals surface area contributed by atoms with E-state index in [1.165, 1.54) is 25.7 Å². The molecule has 3 nitrogen and oxygen atoms in total. The summed E-state index contributed by atoms with van der Waals surface area (Å²) in [5.74, 6) is -0.0506. The fraction of sp³-hybridized carbons (Fsp3) is 0.923. The van der Waals surface area contributed by atoms with E-state index in [9.17, 15) is 4.79 Å². The summed E-state index contributed by atoms with van der Waals surface area (Å²) in [6.07, 6.45) is 9.05. The van der Waals surface area contributed by atoms with Crippen molar-refractivity contribution in [3.63, 3.8) is 0 Å². The molecular weight excluding hydrogens is 204 g/mol. The number of rotatable bonds is 9. The molecule has 0 aromatic rings. The first-order valence-electron chi connectivity index (χ1n) is 6.60. The van der Waals surface area contributed by atoms with E-state index in [2.05, 4.69) is 0 Å². The normalized spacial score (nSPS) is 19.2.